The zero-order valence-electron chi connectivity index (χ0n) is 6.50. The van der Waals surface area contributed by atoms with Gasteiger partial charge in [0.05, 0.1) is 20.6 Å². The van der Waals surface area contributed by atoms with Gasteiger partial charge in [-0.25, -0.2) is 0 Å². The fourth-order valence-corrected chi connectivity index (χ4v) is 1.47. The van der Waals surface area contributed by atoms with E-state index >= 15 is 0 Å². The molecule has 0 aliphatic carbocycles. The molecule has 0 aliphatic rings. The van der Waals surface area contributed by atoms with Gasteiger partial charge in [-0.1, -0.05) is 0 Å². The molecular formula is C6H13O4P. The lowest BCUT2D eigenvalue weighted by atomic mass is 10.8. The van der Waals surface area contributed by atoms with E-state index in [0.29, 0.717) is 19.4 Å². The number of hydrogen-bond acceptors (Lipinski definition) is 3. The molecule has 0 aliphatic heterocycles. The van der Waals surface area contributed by atoms with Gasteiger partial charge in [-0.15, -0.1) is 0 Å². The molecule has 0 aromatic heterocycles. The third-order valence-electron chi connectivity index (χ3n) is 1.08. The third-order valence-corrected chi connectivity index (χ3v) is 2.54. The Morgan fingerprint density at radius 2 is 2.27 bits per heavy atom. The summed E-state index contributed by atoms with van der Waals surface area (Å²) in [4.78, 5) is 10.0. The predicted octanol–water partition coefficient (Wildman–Crippen LogP) is 0.667. The Morgan fingerprint density at radius 3 is 2.73 bits per heavy atom. The molecule has 0 bridgehead atoms. The molecule has 0 rings (SSSR count). The second kappa shape index (κ2) is 6.38. The fraction of sp³-hybridized carbons (Fsp3) is 0.833. The number of carbonyl (C=O) groups is 1. The summed E-state index contributed by atoms with van der Waals surface area (Å²) in [5.41, 5.74) is 0. The summed E-state index contributed by atoms with van der Waals surface area (Å²) in [6.07, 6.45) is 0.169. The lowest BCUT2D eigenvalue weighted by Crippen LogP contribution is -2.02. The van der Waals surface area contributed by atoms with E-state index in [1.807, 2.05) is 6.92 Å². The van der Waals surface area contributed by atoms with Crippen molar-refractivity contribution >= 4 is 13.8 Å². The lowest BCUT2D eigenvalue weighted by Gasteiger charge is -1.98. The number of rotatable bonds is 6. The average molecular weight is 180 g/mol. The minimum absolute atomic E-state index is 0.211. The van der Waals surface area contributed by atoms with E-state index in [1.165, 1.54) is 0 Å². The van der Waals surface area contributed by atoms with Gasteiger partial charge in [0.1, 0.15) is 0 Å². The molecule has 0 saturated carbocycles. The fourth-order valence-electron chi connectivity index (χ4n) is 0.587. The van der Waals surface area contributed by atoms with Gasteiger partial charge in [0.2, 0.25) is 0 Å². The molecule has 11 heavy (non-hydrogen) atoms. The topological polar surface area (TPSA) is 63.6 Å². The summed E-state index contributed by atoms with van der Waals surface area (Å²) in [7, 11) is -1.94. The number of aliphatic carboxylic acids is 1. The highest BCUT2D eigenvalue weighted by Gasteiger charge is 2.04. The van der Waals surface area contributed by atoms with Crippen LogP contribution >= 0.6 is 7.80 Å². The van der Waals surface area contributed by atoms with Crippen LogP contribution < -0.4 is 0 Å². The molecule has 66 valence electrons. The summed E-state index contributed by atoms with van der Waals surface area (Å²) in [6, 6.07) is 0. The first kappa shape index (κ1) is 10.7. The zero-order valence-corrected chi connectivity index (χ0v) is 7.50. The molecule has 0 fully saturated rings. The van der Waals surface area contributed by atoms with Crippen molar-refractivity contribution in [3.63, 3.8) is 0 Å². The highest BCUT2D eigenvalue weighted by Crippen LogP contribution is 2.18. The minimum Gasteiger partial charge on any atom is -0.481 e. The van der Waals surface area contributed by atoms with Crippen molar-refractivity contribution in [3.8, 4) is 0 Å². The van der Waals surface area contributed by atoms with E-state index in [1.54, 1.807) is 0 Å². The summed E-state index contributed by atoms with van der Waals surface area (Å²) in [5, 5.41) is 8.23. The Hall–Kier alpha value is -0.340. The Balaban J connectivity index is 3.30. The Morgan fingerprint density at radius 1 is 1.64 bits per heavy atom. The SMILES string of the molecule is CCOCC[PH](=O)CC(=O)O. The molecule has 4 nitrogen and oxygen atoms in total. The zero-order chi connectivity index (χ0) is 8.69. The monoisotopic (exact) mass is 180 g/mol. The van der Waals surface area contributed by atoms with Gasteiger partial charge < -0.3 is 14.4 Å². The quantitative estimate of drug-likeness (QED) is 0.482. The smallest absolute Gasteiger partial charge is 0.310 e. The second-order valence-electron chi connectivity index (χ2n) is 2.06. The average Bonchev–Trinajstić information content (AvgIpc) is 1.86. The van der Waals surface area contributed by atoms with Crippen molar-refractivity contribution in [1.29, 1.82) is 0 Å². The summed E-state index contributed by atoms with van der Waals surface area (Å²) in [5.74, 6) is -0.995. The summed E-state index contributed by atoms with van der Waals surface area (Å²) < 4.78 is 15.8. The maximum Gasteiger partial charge on any atom is 0.310 e. The van der Waals surface area contributed by atoms with Gasteiger partial charge in [-0.3, -0.25) is 4.79 Å². The van der Waals surface area contributed by atoms with Gasteiger partial charge in [0.25, 0.3) is 0 Å². The first-order valence-electron chi connectivity index (χ1n) is 3.48. The van der Waals surface area contributed by atoms with E-state index in [4.69, 9.17) is 9.84 Å². The Labute approximate surface area is 66.3 Å². The van der Waals surface area contributed by atoms with Crippen LogP contribution in [0.4, 0.5) is 0 Å². The van der Waals surface area contributed by atoms with Gasteiger partial charge in [-0.2, -0.15) is 0 Å². The Kier molecular flexibility index (Phi) is 6.18. The van der Waals surface area contributed by atoms with Gasteiger partial charge in [0, 0.05) is 12.8 Å². The first-order valence-corrected chi connectivity index (χ1v) is 5.30. The van der Waals surface area contributed by atoms with Crippen LogP contribution in [0, 0.1) is 0 Å². The van der Waals surface area contributed by atoms with Crippen molar-refractivity contribution in [2.45, 2.75) is 6.92 Å². The van der Waals surface area contributed by atoms with Crippen molar-refractivity contribution in [2.24, 2.45) is 0 Å². The number of carboxylic acids is 1. The van der Waals surface area contributed by atoms with E-state index < -0.39 is 13.8 Å². The highest BCUT2D eigenvalue weighted by molar-refractivity contribution is 7.45. The van der Waals surface area contributed by atoms with E-state index in [9.17, 15) is 9.36 Å². The summed E-state index contributed by atoms with van der Waals surface area (Å²) >= 11 is 0. The molecule has 1 unspecified atom stereocenters. The molecule has 0 heterocycles. The van der Waals surface area contributed by atoms with Crippen LogP contribution in [-0.2, 0) is 14.1 Å². The van der Waals surface area contributed by atoms with E-state index in [2.05, 4.69) is 0 Å². The van der Waals surface area contributed by atoms with Crippen molar-refractivity contribution in [2.75, 3.05) is 25.5 Å². The minimum atomic E-state index is -1.94. The van der Waals surface area contributed by atoms with Gasteiger partial charge in [0.15, 0.2) is 0 Å². The van der Waals surface area contributed by atoms with Crippen LogP contribution in [0.3, 0.4) is 0 Å². The first-order chi connectivity index (χ1) is 5.16. The van der Waals surface area contributed by atoms with Crippen molar-refractivity contribution in [3.05, 3.63) is 0 Å². The molecule has 1 N–H and O–H groups in total. The molecule has 0 saturated heterocycles. The molecule has 5 heteroatoms. The molecule has 0 aromatic carbocycles. The maximum atomic E-state index is 10.9. The van der Waals surface area contributed by atoms with Gasteiger partial charge >= 0.3 is 5.97 Å². The molecule has 1 atom stereocenters. The number of carboxylic acid groups (broad SMARTS) is 1. The predicted molar refractivity (Wildman–Crippen MR) is 42.9 cm³/mol. The highest BCUT2D eigenvalue weighted by atomic mass is 31.1. The summed E-state index contributed by atoms with van der Waals surface area (Å²) in [6.45, 7) is 2.83. The largest absolute Gasteiger partial charge is 0.481 e. The molecular weight excluding hydrogens is 167 g/mol. The molecule has 0 amide bonds. The van der Waals surface area contributed by atoms with Crippen LogP contribution in [0.5, 0.6) is 0 Å². The Bertz CT molecular complexity index is 146. The van der Waals surface area contributed by atoms with E-state index in [0.717, 1.165) is 0 Å². The van der Waals surface area contributed by atoms with E-state index in [-0.39, 0.29) is 6.16 Å². The standard InChI is InChI=1S/C6H13O4P/c1-2-10-3-4-11(9)5-6(7)8/h11H,2-5H2,1H3,(H,7,8). The normalized spacial score (nSPS) is 12.8. The van der Waals surface area contributed by atoms with Crippen LogP contribution in [0.25, 0.3) is 0 Å². The van der Waals surface area contributed by atoms with Gasteiger partial charge in [-0.05, 0) is 6.92 Å². The number of hydrogen-bond donors (Lipinski definition) is 1. The van der Waals surface area contributed by atoms with Crippen LogP contribution in [0.15, 0.2) is 0 Å². The molecule has 0 aromatic rings. The molecule has 0 spiro atoms. The van der Waals surface area contributed by atoms with Crippen LogP contribution in [0.1, 0.15) is 6.92 Å². The third kappa shape index (κ3) is 7.56. The lowest BCUT2D eigenvalue weighted by molar-refractivity contribution is -0.134. The van der Waals surface area contributed by atoms with Crippen LogP contribution in [-0.4, -0.2) is 36.6 Å². The second-order valence-corrected chi connectivity index (χ2v) is 3.99. The number of ether oxygens (including phenoxy) is 1. The van der Waals surface area contributed by atoms with Crippen molar-refractivity contribution < 1.29 is 19.2 Å². The van der Waals surface area contributed by atoms with Crippen molar-refractivity contribution in [1.82, 2.24) is 0 Å². The maximum absolute atomic E-state index is 10.9. The molecule has 0 radical (unpaired) electrons. The van der Waals surface area contributed by atoms with Crippen LogP contribution in [0.2, 0.25) is 0 Å².